The van der Waals surface area contributed by atoms with Crippen molar-refractivity contribution in [1.82, 2.24) is 24.3 Å². The van der Waals surface area contributed by atoms with Crippen LogP contribution in [0.3, 0.4) is 0 Å². The van der Waals surface area contributed by atoms with E-state index >= 15 is 0 Å². The number of halogens is 2. The zero-order valence-electron chi connectivity index (χ0n) is 15.1. The number of hydrogen-bond acceptors (Lipinski definition) is 5. The molecule has 3 rings (SSSR count). The molecule has 0 saturated heterocycles. The molecule has 28 heavy (non-hydrogen) atoms. The SMILES string of the molecule is Cc1cc(C)n(-c2ccc(=O)n(CCNS(=O)(=O)c3ccc(F)cc3F)n2)n1. The molecule has 148 valence electrons. The zero-order chi connectivity index (χ0) is 20.5. The van der Waals surface area contributed by atoms with Crippen LogP contribution in [0.1, 0.15) is 11.4 Å². The maximum Gasteiger partial charge on any atom is 0.266 e. The Kier molecular flexibility index (Phi) is 5.38. The van der Waals surface area contributed by atoms with Gasteiger partial charge in [-0.2, -0.15) is 5.10 Å². The standard InChI is InChI=1S/C17H17F2N5O3S/c1-11-9-12(2)24(21-11)16-5-6-17(25)23(22-16)8-7-20-28(26,27)15-4-3-13(18)10-14(15)19/h3-6,9-10,20H,7-8H2,1-2H3. The molecule has 0 atom stereocenters. The molecule has 0 unspecified atom stereocenters. The van der Waals surface area contributed by atoms with Gasteiger partial charge in [-0.25, -0.2) is 31.3 Å². The van der Waals surface area contributed by atoms with Gasteiger partial charge in [-0.1, -0.05) is 0 Å². The van der Waals surface area contributed by atoms with E-state index < -0.39 is 32.1 Å². The second-order valence-electron chi connectivity index (χ2n) is 6.06. The molecule has 0 aliphatic heterocycles. The van der Waals surface area contributed by atoms with E-state index in [0.29, 0.717) is 11.9 Å². The lowest BCUT2D eigenvalue weighted by atomic mass is 10.3. The molecule has 2 aromatic heterocycles. The summed E-state index contributed by atoms with van der Waals surface area (Å²) in [7, 11) is -4.21. The summed E-state index contributed by atoms with van der Waals surface area (Å²) in [6.45, 7) is 3.35. The Balaban J connectivity index is 1.77. The number of hydrogen-bond donors (Lipinski definition) is 1. The van der Waals surface area contributed by atoms with E-state index in [9.17, 15) is 22.0 Å². The van der Waals surface area contributed by atoms with Gasteiger partial charge in [-0.15, -0.1) is 5.10 Å². The predicted molar refractivity (Wildman–Crippen MR) is 96.6 cm³/mol. The molecule has 0 saturated carbocycles. The van der Waals surface area contributed by atoms with E-state index in [2.05, 4.69) is 14.9 Å². The second-order valence-corrected chi connectivity index (χ2v) is 7.80. The quantitative estimate of drug-likeness (QED) is 0.662. The lowest BCUT2D eigenvalue weighted by Gasteiger charge is -2.10. The van der Waals surface area contributed by atoms with Crippen LogP contribution in [-0.2, 0) is 16.6 Å². The van der Waals surface area contributed by atoms with Gasteiger partial charge in [0, 0.05) is 24.4 Å². The molecule has 0 radical (unpaired) electrons. The molecular formula is C17H17F2N5O3S. The number of aromatic nitrogens is 4. The average Bonchev–Trinajstić information content (AvgIpc) is 2.94. The Hall–Kier alpha value is -2.92. The van der Waals surface area contributed by atoms with Gasteiger partial charge in [0.15, 0.2) is 5.82 Å². The third kappa shape index (κ3) is 4.15. The van der Waals surface area contributed by atoms with Crippen LogP contribution in [0.25, 0.3) is 5.82 Å². The smallest absolute Gasteiger partial charge is 0.266 e. The van der Waals surface area contributed by atoms with E-state index in [4.69, 9.17) is 0 Å². The Morgan fingerprint density at radius 3 is 2.46 bits per heavy atom. The molecule has 3 aromatic rings. The van der Waals surface area contributed by atoms with Crippen LogP contribution in [0.5, 0.6) is 0 Å². The Morgan fingerprint density at radius 2 is 1.82 bits per heavy atom. The summed E-state index contributed by atoms with van der Waals surface area (Å²) < 4.78 is 55.8. The fourth-order valence-corrected chi connectivity index (χ4v) is 3.71. The monoisotopic (exact) mass is 409 g/mol. The molecule has 1 aromatic carbocycles. The summed E-state index contributed by atoms with van der Waals surface area (Å²) in [6.07, 6.45) is 0. The number of sulfonamides is 1. The number of rotatable bonds is 6. The fourth-order valence-electron chi connectivity index (χ4n) is 2.63. The normalized spacial score (nSPS) is 11.7. The van der Waals surface area contributed by atoms with E-state index in [1.54, 1.807) is 4.68 Å². The number of benzene rings is 1. The summed E-state index contributed by atoms with van der Waals surface area (Å²) >= 11 is 0. The first-order valence-electron chi connectivity index (χ1n) is 8.24. The lowest BCUT2D eigenvalue weighted by Crippen LogP contribution is -2.32. The van der Waals surface area contributed by atoms with E-state index in [1.807, 2.05) is 19.9 Å². The lowest BCUT2D eigenvalue weighted by molar-refractivity contribution is 0.528. The van der Waals surface area contributed by atoms with Crippen molar-refractivity contribution in [3.8, 4) is 5.82 Å². The minimum Gasteiger partial charge on any atom is -0.268 e. The van der Waals surface area contributed by atoms with Crippen LogP contribution in [-0.4, -0.2) is 34.5 Å². The Labute approximate surface area is 159 Å². The highest BCUT2D eigenvalue weighted by Crippen LogP contribution is 2.15. The maximum atomic E-state index is 13.7. The van der Waals surface area contributed by atoms with Crippen molar-refractivity contribution in [2.24, 2.45) is 0 Å². The summed E-state index contributed by atoms with van der Waals surface area (Å²) in [5.74, 6) is -1.68. The van der Waals surface area contributed by atoms with Gasteiger partial charge >= 0.3 is 0 Å². The highest BCUT2D eigenvalue weighted by Gasteiger charge is 2.19. The highest BCUT2D eigenvalue weighted by atomic mass is 32.2. The minimum absolute atomic E-state index is 0.0893. The molecule has 11 heteroatoms. The van der Waals surface area contributed by atoms with Crippen molar-refractivity contribution in [2.45, 2.75) is 25.3 Å². The van der Waals surface area contributed by atoms with Crippen molar-refractivity contribution in [2.75, 3.05) is 6.54 Å². The van der Waals surface area contributed by atoms with Crippen molar-refractivity contribution in [1.29, 1.82) is 0 Å². The van der Waals surface area contributed by atoms with E-state index in [0.717, 1.165) is 28.2 Å². The van der Waals surface area contributed by atoms with Crippen molar-refractivity contribution >= 4 is 10.0 Å². The summed E-state index contributed by atoms with van der Waals surface area (Å²) in [5.41, 5.74) is 1.17. The first-order chi connectivity index (χ1) is 13.2. The summed E-state index contributed by atoms with van der Waals surface area (Å²) in [6, 6.07) is 6.83. The summed E-state index contributed by atoms with van der Waals surface area (Å²) in [5, 5.41) is 8.47. The predicted octanol–water partition coefficient (Wildman–Crippen LogP) is 1.30. The van der Waals surface area contributed by atoms with Crippen LogP contribution in [0, 0.1) is 25.5 Å². The third-order valence-electron chi connectivity index (χ3n) is 3.88. The molecule has 8 nitrogen and oxygen atoms in total. The van der Waals surface area contributed by atoms with E-state index in [1.165, 1.54) is 12.1 Å². The molecular weight excluding hydrogens is 392 g/mol. The number of nitrogens with zero attached hydrogens (tertiary/aromatic N) is 4. The topological polar surface area (TPSA) is 98.9 Å². The molecule has 0 aliphatic carbocycles. The molecule has 0 aliphatic rings. The van der Waals surface area contributed by atoms with Gasteiger partial charge in [0.1, 0.15) is 16.5 Å². The van der Waals surface area contributed by atoms with Gasteiger partial charge < -0.3 is 0 Å². The largest absolute Gasteiger partial charge is 0.268 e. The fraction of sp³-hybridized carbons (Fsp3) is 0.235. The highest BCUT2D eigenvalue weighted by molar-refractivity contribution is 7.89. The molecule has 2 heterocycles. The zero-order valence-corrected chi connectivity index (χ0v) is 15.9. The Morgan fingerprint density at radius 1 is 1.07 bits per heavy atom. The van der Waals surface area contributed by atoms with Crippen molar-refractivity contribution in [3.05, 3.63) is 69.8 Å². The van der Waals surface area contributed by atoms with Crippen LogP contribution < -0.4 is 10.3 Å². The Bertz CT molecular complexity index is 1190. The first kappa shape index (κ1) is 19.8. The van der Waals surface area contributed by atoms with Crippen LogP contribution in [0.15, 0.2) is 46.1 Å². The van der Waals surface area contributed by atoms with Gasteiger partial charge in [-0.05, 0) is 38.1 Å². The van der Waals surface area contributed by atoms with Gasteiger partial charge in [0.2, 0.25) is 10.0 Å². The number of nitrogens with one attached hydrogen (secondary N) is 1. The molecule has 0 bridgehead atoms. The van der Waals surface area contributed by atoms with Crippen LogP contribution in [0.4, 0.5) is 8.78 Å². The minimum atomic E-state index is -4.21. The second kappa shape index (κ2) is 7.60. The first-order valence-corrected chi connectivity index (χ1v) is 9.72. The van der Waals surface area contributed by atoms with Crippen LogP contribution >= 0.6 is 0 Å². The number of aryl methyl sites for hydroxylation is 2. The average molecular weight is 409 g/mol. The van der Waals surface area contributed by atoms with Gasteiger partial charge in [0.25, 0.3) is 5.56 Å². The molecule has 1 N–H and O–H groups in total. The van der Waals surface area contributed by atoms with E-state index in [-0.39, 0.29) is 13.1 Å². The third-order valence-corrected chi connectivity index (χ3v) is 5.37. The van der Waals surface area contributed by atoms with Crippen molar-refractivity contribution < 1.29 is 17.2 Å². The molecule has 0 amide bonds. The van der Waals surface area contributed by atoms with Gasteiger partial charge in [0.05, 0.1) is 12.2 Å². The summed E-state index contributed by atoms with van der Waals surface area (Å²) in [4.78, 5) is 11.3. The molecule has 0 fully saturated rings. The van der Waals surface area contributed by atoms with Gasteiger partial charge in [-0.3, -0.25) is 4.79 Å². The molecule has 0 spiro atoms. The van der Waals surface area contributed by atoms with Crippen molar-refractivity contribution in [3.63, 3.8) is 0 Å². The maximum absolute atomic E-state index is 13.7. The van der Waals surface area contributed by atoms with Crippen LogP contribution in [0.2, 0.25) is 0 Å².